The number of para-hydroxylation sites is 1. The number of carbonyl (C=O) groups excluding carboxylic acids is 2. The smallest absolute Gasteiger partial charge is 0.271 e. The summed E-state index contributed by atoms with van der Waals surface area (Å²) in [5, 5.41) is 20.9. The Morgan fingerprint density at radius 2 is 1.49 bits per heavy atom. The summed E-state index contributed by atoms with van der Waals surface area (Å²) in [4.78, 5) is 26.6. The monoisotopic (exact) mass is 587 g/mol. The van der Waals surface area contributed by atoms with E-state index in [1.807, 2.05) is 0 Å². The summed E-state index contributed by atoms with van der Waals surface area (Å²) < 4.78 is 51.4. The van der Waals surface area contributed by atoms with Crippen molar-refractivity contribution in [1.82, 2.24) is 0 Å². The SMILES string of the molecule is N=C1S/C(=C\c2ccccc2OCC(=O)Nc2ccc(S(N)(=O)=O)cc2)C(=O)N1c1ccc(S(N)(=O)=O)cc1. The Balaban J connectivity index is 1.46. The molecule has 3 aromatic rings. The highest BCUT2D eigenvalue weighted by Crippen LogP contribution is 2.36. The first-order valence-corrected chi connectivity index (χ1v) is 14.8. The van der Waals surface area contributed by atoms with Gasteiger partial charge in [-0.05, 0) is 72.4 Å². The van der Waals surface area contributed by atoms with Crippen LogP contribution in [0.5, 0.6) is 5.75 Å². The Morgan fingerprint density at radius 1 is 0.923 bits per heavy atom. The first-order chi connectivity index (χ1) is 18.3. The van der Waals surface area contributed by atoms with Crippen LogP contribution in [0.2, 0.25) is 0 Å². The van der Waals surface area contributed by atoms with Gasteiger partial charge in [-0.1, -0.05) is 18.2 Å². The highest BCUT2D eigenvalue weighted by Gasteiger charge is 2.34. The highest BCUT2D eigenvalue weighted by molar-refractivity contribution is 8.19. The van der Waals surface area contributed by atoms with Crippen molar-refractivity contribution >= 4 is 66.2 Å². The lowest BCUT2D eigenvalue weighted by atomic mass is 10.2. The number of anilines is 2. The van der Waals surface area contributed by atoms with Crippen molar-refractivity contribution in [1.29, 1.82) is 5.41 Å². The molecule has 0 atom stereocenters. The molecule has 12 nitrogen and oxygen atoms in total. The van der Waals surface area contributed by atoms with E-state index in [-0.39, 0.29) is 26.5 Å². The summed E-state index contributed by atoms with van der Waals surface area (Å²) in [7, 11) is -7.76. The molecule has 1 aliphatic rings. The number of nitrogens with two attached hydrogens (primary N) is 2. The Bertz CT molecular complexity index is 1700. The molecule has 0 unspecified atom stereocenters. The van der Waals surface area contributed by atoms with Crippen molar-refractivity contribution in [2.45, 2.75) is 9.79 Å². The molecule has 4 rings (SSSR count). The third-order valence-corrected chi connectivity index (χ3v) is 8.02. The molecule has 15 heteroatoms. The summed E-state index contributed by atoms with van der Waals surface area (Å²) >= 11 is 0.910. The van der Waals surface area contributed by atoms with E-state index in [0.717, 1.165) is 16.7 Å². The fourth-order valence-electron chi connectivity index (χ4n) is 3.45. The topological polar surface area (TPSA) is 203 Å². The minimum Gasteiger partial charge on any atom is -0.483 e. The number of hydrogen-bond acceptors (Lipinski definition) is 9. The first kappa shape index (κ1) is 28.0. The number of sulfonamides is 2. The molecule has 0 aromatic heterocycles. The predicted molar refractivity (Wildman–Crippen MR) is 147 cm³/mol. The molecule has 202 valence electrons. The molecule has 39 heavy (non-hydrogen) atoms. The normalized spacial score (nSPS) is 15.0. The Morgan fingerprint density at radius 3 is 2.08 bits per heavy atom. The van der Waals surface area contributed by atoms with Crippen LogP contribution >= 0.6 is 11.8 Å². The number of rotatable bonds is 8. The van der Waals surface area contributed by atoms with E-state index in [9.17, 15) is 26.4 Å². The predicted octanol–water partition coefficient (Wildman–Crippen LogP) is 2.05. The largest absolute Gasteiger partial charge is 0.483 e. The van der Waals surface area contributed by atoms with E-state index in [1.165, 1.54) is 54.6 Å². The van der Waals surface area contributed by atoms with Crippen molar-refractivity contribution < 1.29 is 31.2 Å². The zero-order chi connectivity index (χ0) is 28.4. The Labute approximate surface area is 228 Å². The third-order valence-electron chi connectivity index (χ3n) is 5.28. The number of ether oxygens (including phenoxy) is 1. The van der Waals surface area contributed by atoms with Crippen LogP contribution in [0.3, 0.4) is 0 Å². The van der Waals surface area contributed by atoms with Gasteiger partial charge in [0.2, 0.25) is 20.0 Å². The molecule has 1 heterocycles. The zero-order valence-corrected chi connectivity index (χ0v) is 22.3. The highest BCUT2D eigenvalue weighted by atomic mass is 32.2. The molecule has 0 saturated carbocycles. The van der Waals surface area contributed by atoms with Gasteiger partial charge in [0.25, 0.3) is 11.8 Å². The van der Waals surface area contributed by atoms with Crippen LogP contribution in [0.1, 0.15) is 5.56 Å². The lowest BCUT2D eigenvalue weighted by molar-refractivity contribution is -0.118. The second-order valence-electron chi connectivity index (χ2n) is 8.04. The van der Waals surface area contributed by atoms with Crippen LogP contribution in [0.25, 0.3) is 6.08 Å². The van der Waals surface area contributed by atoms with Gasteiger partial charge in [-0.3, -0.25) is 19.9 Å². The summed E-state index contributed by atoms with van der Waals surface area (Å²) in [5.74, 6) is -0.701. The number of thioether (sulfide) groups is 1. The van der Waals surface area contributed by atoms with Gasteiger partial charge in [-0.15, -0.1) is 0 Å². The van der Waals surface area contributed by atoms with Crippen LogP contribution in [0, 0.1) is 5.41 Å². The number of carbonyl (C=O) groups is 2. The molecule has 1 aliphatic heterocycles. The van der Waals surface area contributed by atoms with Gasteiger partial charge >= 0.3 is 0 Å². The van der Waals surface area contributed by atoms with E-state index < -0.39 is 31.9 Å². The van der Waals surface area contributed by atoms with Gasteiger partial charge in [-0.2, -0.15) is 0 Å². The second-order valence-corrected chi connectivity index (χ2v) is 12.2. The van der Waals surface area contributed by atoms with Gasteiger partial charge in [0, 0.05) is 11.3 Å². The fraction of sp³-hybridized carbons (Fsp3) is 0.0417. The molecular formula is C24H21N5O7S3. The molecule has 2 amide bonds. The molecule has 0 bridgehead atoms. The van der Waals surface area contributed by atoms with E-state index in [0.29, 0.717) is 22.7 Å². The van der Waals surface area contributed by atoms with Crippen LogP contribution in [0.4, 0.5) is 11.4 Å². The molecule has 1 saturated heterocycles. The Kier molecular flexibility index (Phi) is 7.89. The van der Waals surface area contributed by atoms with Gasteiger partial charge in [0.1, 0.15) is 5.75 Å². The number of amides is 2. The summed E-state index contributed by atoms with van der Waals surface area (Å²) in [5.41, 5.74) is 1.12. The molecule has 1 fully saturated rings. The summed E-state index contributed by atoms with van der Waals surface area (Å²) in [6.07, 6.45) is 1.53. The molecule has 0 radical (unpaired) electrons. The van der Waals surface area contributed by atoms with E-state index in [2.05, 4.69) is 5.32 Å². The van der Waals surface area contributed by atoms with Gasteiger partial charge in [-0.25, -0.2) is 27.1 Å². The zero-order valence-electron chi connectivity index (χ0n) is 19.9. The number of hydrogen-bond donors (Lipinski definition) is 4. The molecule has 3 aromatic carbocycles. The Hall–Kier alpha value is -4.02. The van der Waals surface area contributed by atoms with E-state index in [1.54, 1.807) is 24.3 Å². The third kappa shape index (κ3) is 6.71. The second kappa shape index (κ2) is 11.0. The molecular weight excluding hydrogens is 566 g/mol. The van der Waals surface area contributed by atoms with Gasteiger partial charge < -0.3 is 10.1 Å². The standard InChI is InChI=1S/C24H21N5O7S3/c25-24-29(17-7-11-19(12-8-17)39(27,34)35)23(31)21(37-24)13-15-3-1-2-4-20(15)36-14-22(30)28-16-5-9-18(10-6-16)38(26,32)33/h1-13,25H,14H2,(H,28,30)(H2,26,32,33)(H2,27,34,35)/b21-13-,25-24?. The lowest BCUT2D eigenvalue weighted by Crippen LogP contribution is -2.28. The maximum atomic E-state index is 13.1. The van der Waals surface area contributed by atoms with Crippen LogP contribution in [-0.2, 0) is 29.6 Å². The van der Waals surface area contributed by atoms with Crippen molar-refractivity contribution in [2.75, 3.05) is 16.8 Å². The first-order valence-electron chi connectivity index (χ1n) is 10.9. The summed E-state index contributed by atoms with van der Waals surface area (Å²) in [6.45, 7) is -0.378. The number of nitrogens with one attached hydrogen (secondary N) is 2. The number of nitrogens with zero attached hydrogens (tertiary/aromatic N) is 1. The van der Waals surface area contributed by atoms with E-state index in [4.69, 9.17) is 20.4 Å². The fourth-order valence-corrected chi connectivity index (χ4v) is 5.33. The van der Waals surface area contributed by atoms with Crippen LogP contribution in [0.15, 0.2) is 87.5 Å². The number of amidine groups is 1. The lowest BCUT2D eigenvalue weighted by Gasteiger charge is -2.14. The molecule has 0 aliphatic carbocycles. The van der Waals surface area contributed by atoms with Gasteiger partial charge in [0.05, 0.1) is 20.4 Å². The number of benzene rings is 3. The minimum absolute atomic E-state index is 0.0826. The maximum absolute atomic E-state index is 13.1. The van der Waals surface area contributed by atoms with Crippen molar-refractivity contribution in [3.8, 4) is 5.75 Å². The van der Waals surface area contributed by atoms with Gasteiger partial charge in [0.15, 0.2) is 11.8 Å². The molecule has 6 N–H and O–H groups in total. The minimum atomic E-state index is -3.91. The average Bonchev–Trinajstić information content (AvgIpc) is 3.15. The molecule has 0 spiro atoms. The number of primary sulfonamides is 2. The summed E-state index contributed by atoms with van der Waals surface area (Å²) in [6, 6.07) is 17.3. The van der Waals surface area contributed by atoms with Crippen molar-refractivity contribution in [3.63, 3.8) is 0 Å². The average molecular weight is 588 g/mol. The van der Waals surface area contributed by atoms with Crippen molar-refractivity contribution in [2.24, 2.45) is 10.3 Å². The van der Waals surface area contributed by atoms with Crippen molar-refractivity contribution in [3.05, 3.63) is 83.3 Å². The quantitative estimate of drug-likeness (QED) is 0.287. The van der Waals surface area contributed by atoms with Crippen LogP contribution in [-0.4, -0.2) is 40.4 Å². The van der Waals surface area contributed by atoms with E-state index >= 15 is 0 Å². The van der Waals surface area contributed by atoms with Crippen LogP contribution < -0.4 is 25.2 Å². The maximum Gasteiger partial charge on any atom is 0.271 e.